The van der Waals surface area contributed by atoms with E-state index in [9.17, 15) is 13.2 Å². The van der Waals surface area contributed by atoms with Gasteiger partial charge in [0, 0.05) is 27.1 Å². The minimum absolute atomic E-state index is 0.0974. The van der Waals surface area contributed by atoms with Gasteiger partial charge in [-0.2, -0.15) is 0 Å². The minimum Gasteiger partial charge on any atom is -0.337 e. The molecular weight excluding hydrogens is 491 g/mol. The third-order valence-corrected chi connectivity index (χ3v) is 7.40. The zero-order valence-electron chi connectivity index (χ0n) is 16.6. The number of anilines is 1. The predicted octanol–water partition coefficient (Wildman–Crippen LogP) is 6.21. The number of hydrogen-bond donors (Lipinski definition) is 1. The van der Waals surface area contributed by atoms with Crippen molar-refractivity contribution in [1.82, 2.24) is 4.57 Å². The second-order valence-corrected chi connectivity index (χ2v) is 10.4. The number of para-hydroxylation sites is 1. The summed E-state index contributed by atoms with van der Waals surface area (Å²) in [4.78, 5) is 12.8. The molecule has 0 spiro atoms. The molecule has 9 heteroatoms. The second kappa shape index (κ2) is 9.16. The summed E-state index contributed by atoms with van der Waals surface area (Å²) in [6.45, 7) is -0.0974. The number of aromatic nitrogens is 1. The number of sulfone groups is 1. The molecule has 0 saturated heterocycles. The van der Waals surface area contributed by atoms with Crippen LogP contribution in [0.1, 0.15) is 5.56 Å². The molecule has 0 fully saturated rings. The van der Waals surface area contributed by atoms with Crippen LogP contribution in [0.25, 0.3) is 10.9 Å². The Kier molecular flexibility index (Phi) is 6.49. The van der Waals surface area contributed by atoms with Gasteiger partial charge in [0.15, 0.2) is 9.84 Å². The van der Waals surface area contributed by atoms with Crippen molar-refractivity contribution in [2.45, 2.75) is 17.2 Å². The highest BCUT2D eigenvalue weighted by molar-refractivity contribution is 7.90. The summed E-state index contributed by atoms with van der Waals surface area (Å²) in [6, 6.07) is 18.5. The van der Waals surface area contributed by atoms with E-state index in [0.29, 0.717) is 37.2 Å². The molecule has 1 amide bonds. The monoisotopic (exact) mass is 506 g/mol. The number of rotatable bonds is 6. The van der Waals surface area contributed by atoms with Crippen LogP contribution in [0, 0.1) is 0 Å². The molecule has 1 heterocycles. The van der Waals surface area contributed by atoms with Gasteiger partial charge in [0.25, 0.3) is 0 Å². The van der Waals surface area contributed by atoms with E-state index >= 15 is 0 Å². The third-order valence-electron chi connectivity index (χ3n) is 4.87. The summed E-state index contributed by atoms with van der Waals surface area (Å²) in [7, 11) is -3.67. The Balaban J connectivity index is 1.64. The lowest BCUT2D eigenvalue weighted by atomic mass is 10.2. The van der Waals surface area contributed by atoms with Crippen molar-refractivity contribution in [2.75, 3.05) is 5.32 Å². The molecule has 3 aromatic carbocycles. The van der Waals surface area contributed by atoms with Crippen molar-refractivity contribution in [3.05, 3.63) is 93.6 Å². The first-order valence-corrected chi connectivity index (χ1v) is 12.3. The molecule has 0 unspecified atom stereocenters. The normalized spacial score (nSPS) is 11.6. The number of fused-ring (bicyclic) bond motifs is 1. The molecule has 164 valence electrons. The highest BCUT2D eigenvalue weighted by atomic mass is 35.5. The number of amides is 1. The first-order chi connectivity index (χ1) is 15.2. The van der Waals surface area contributed by atoms with Crippen LogP contribution in [0.5, 0.6) is 0 Å². The van der Waals surface area contributed by atoms with Crippen LogP contribution in [-0.4, -0.2) is 18.9 Å². The summed E-state index contributed by atoms with van der Waals surface area (Å²) < 4.78 is 28.0. The van der Waals surface area contributed by atoms with E-state index in [-0.39, 0.29) is 23.1 Å². The van der Waals surface area contributed by atoms with Crippen LogP contribution >= 0.6 is 34.8 Å². The Bertz CT molecular complexity index is 1410. The van der Waals surface area contributed by atoms with Gasteiger partial charge in [0.05, 0.1) is 21.4 Å². The van der Waals surface area contributed by atoms with Gasteiger partial charge >= 0.3 is 0 Å². The van der Waals surface area contributed by atoms with Crippen molar-refractivity contribution in [1.29, 1.82) is 0 Å². The first kappa shape index (κ1) is 22.7. The third kappa shape index (κ3) is 4.94. The molecule has 0 radical (unpaired) electrons. The molecule has 1 N–H and O–H groups in total. The molecule has 0 aliphatic heterocycles. The first-order valence-electron chi connectivity index (χ1n) is 9.53. The SMILES string of the molecule is O=C(Cn1cc(S(=O)(=O)Cc2ccc(Cl)cc2)c2ccccc21)Nc1cc(Cl)ccc1Cl. The van der Waals surface area contributed by atoms with Gasteiger partial charge in [-0.1, -0.05) is 65.1 Å². The highest BCUT2D eigenvalue weighted by Gasteiger charge is 2.22. The zero-order chi connectivity index (χ0) is 22.9. The smallest absolute Gasteiger partial charge is 0.244 e. The minimum atomic E-state index is -3.67. The Morgan fingerprint density at radius 1 is 0.906 bits per heavy atom. The largest absolute Gasteiger partial charge is 0.337 e. The van der Waals surface area contributed by atoms with Gasteiger partial charge < -0.3 is 9.88 Å². The van der Waals surface area contributed by atoms with Crippen molar-refractivity contribution >= 4 is 67.1 Å². The van der Waals surface area contributed by atoms with Gasteiger partial charge in [0.2, 0.25) is 5.91 Å². The van der Waals surface area contributed by atoms with Gasteiger partial charge in [-0.05, 0) is 42.0 Å². The molecule has 0 atom stereocenters. The summed E-state index contributed by atoms with van der Waals surface area (Å²) >= 11 is 18.0. The number of benzene rings is 3. The van der Waals surface area contributed by atoms with Gasteiger partial charge in [-0.3, -0.25) is 4.79 Å². The number of carbonyl (C=O) groups is 1. The van der Waals surface area contributed by atoms with Gasteiger partial charge in [0.1, 0.15) is 6.54 Å². The maximum atomic E-state index is 13.2. The lowest BCUT2D eigenvalue weighted by Gasteiger charge is -2.09. The fraction of sp³-hybridized carbons (Fsp3) is 0.0870. The zero-order valence-corrected chi connectivity index (χ0v) is 19.6. The molecular formula is C23H17Cl3N2O3S. The fourth-order valence-electron chi connectivity index (χ4n) is 3.41. The Labute approximate surface area is 200 Å². The number of halogens is 3. The van der Waals surface area contributed by atoms with Crippen LogP contribution < -0.4 is 5.32 Å². The lowest BCUT2D eigenvalue weighted by molar-refractivity contribution is -0.116. The number of carbonyl (C=O) groups excluding carboxylic acids is 1. The van der Waals surface area contributed by atoms with E-state index in [1.807, 2.05) is 0 Å². The number of hydrogen-bond acceptors (Lipinski definition) is 3. The van der Waals surface area contributed by atoms with Crippen molar-refractivity contribution in [3.63, 3.8) is 0 Å². The van der Waals surface area contributed by atoms with E-state index in [1.54, 1.807) is 71.3 Å². The summed E-state index contributed by atoms with van der Waals surface area (Å²) in [6.07, 6.45) is 1.50. The van der Waals surface area contributed by atoms with Crippen LogP contribution in [0.15, 0.2) is 77.8 Å². The molecule has 32 heavy (non-hydrogen) atoms. The van der Waals surface area contributed by atoms with Crippen LogP contribution in [-0.2, 0) is 26.9 Å². The summed E-state index contributed by atoms with van der Waals surface area (Å²) in [5, 5.41) is 4.60. The lowest BCUT2D eigenvalue weighted by Crippen LogP contribution is -2.18. The maximum Gasteiger partial charge on any atom is 0.244 e. The van der Waals surface area contributed by atoms with E-state index in [0.717, 1.165) is 0 Å². The molecule has 0 saturated carbocycles. The van der Waals surface area contributed by atoms with Crippen LogP contribution in [0.4, 0.5) is 5.69 Å². The second-order valence-electron chi connectivity index (χ2n) is 7.20. The standard InChI is InChI=1S/C23H17Cl3N2O3S/c24-16-7-5-15(6-8-16)14-32(30,31)22-12-28(21-4-2-1-3-18(21)22)13-23(29)27-20-11-17(25)9-10-19(20)26/h1-12H,13-14H2,(H,27,29). The summed E-state index contributed by atoms with van der Waals surface area (Å²) in [5.74, 6) is -0.542. The van der Waals surface area contributed by atoms with E-state index in [4.69, 9.17) is 34.8 Å². The topological polar surface area (TPSA) is 68.2 Å². The van der Waals surface area contributed by atoms with Gasteiger partial charge in [-0.25, -0.2) is 8.42 Å². The molecule has 0 aliphatic carbocycles. The average Bonchev–Trinajstić information content (AvgIpc) is 3.12. The molecule has 4 aromatic rings. The van der Waals surface area contributed by atoms with Crippen LogP contribution in [0.3, 0.4) is 0 Å². The Hall–Kier alpha value is -2.51. The number of nitrogens with zero attached hydrogens (tertiary/aromatic N) is 1. The highest BCUT2D eigenvalue weighted by Crippen LogP contribution is 2.29. The number of nitrogens with one attached hydrogen (secondary N) is 1. The molecule has 5 nitrogen and oxygen atoms in total. The van der Waals surface area contributed by atoms with E-state index in [1.165, 1.54) is 6.20 Å². The maximum absolute atomic E-state index is 13.2. The van der Waals surface area contributed by atoms with E-state index in [2.05, 4.69) is 5.32 Å². The van der Waals surface area contributed by atoms with Crippen LogP contribution in [0.2, 0.25) is 15.1 Å². The quantitative estimate of drug-likeness (QED) is 0.337. The average molecular weight is 508 g/mol. The molecule has 0 bridgehead atoms. The molecule has 0 aliphatic rings. The Morgan fingerprint density at radius 3 is 2.34 bits per heavy atom. The van der Waals surface area contributed by atoms with Crippen molar-refractivity contribution < 1.29 is 13.2 Å². The predicted molar refractivity (Wildman–Crippen MR) is 129 cm³/mol. The summed E-state index contributed by atoms with van der Waals surface area (Å²) in [5.41, 5.74) is 1.64. The fourth-order valence-corrected chi connectivity index (χ4v) is 5.45. The Morgan fingerprint density at radius 2 is 1.59 bits per heavy atom. The molecule has 4 rings (SSSR count). The molecule has 1 aromatic heterocycles. The van der Waals surface area contributed by atoms with Gasteiger partial charge in [-0.15, -0.1) is 0 Å². The van der Waals surface area contributed by atoms with E-state index < -0.39 is 9.84 Å². The van der Waals surface area contributed by atoms with Crippen molar-refractivity contribution in [3.8, 4) is 0 Å². The van der Waals surface area contributed by atoms with Crippen molar-refractivity contribution in [2.24, 2.45) is 0 Å².